The van der Waals surface area contributed by atoms with E-state index in [1.54, 1.807) is 24.6 Å². The van der Waals surface area contributed by atoms with Gasteiger partial charge in [0.2, 0.25) is 0 Å². The van der Waals surface area contributed by atoms with Crippen LogP contribution in [0.2, 0.25) is 0 Å². The molecule has 132 valence electrons. The Kier molecular flexibility index (Phi) is 4.48. The topological polar surface area (TPSA) is 82.4 Å². The van der Waals surface area contributed by atoms with E-state index >= 15 is 0 Å². The number of aromatic nitrogens is 2. The van der Waals surface area contributed by atoms with E-state index in [9.17, 15) is 9.59 Å². The quantitative estimate of drug-likeness (QED) is 0.664. The first-order valence-corrected chi connectivity index (χ1v) is 8.31. The van der Waals surface area contributed by atoms with Crippen LogP contribution in [-0.4, -0.2) is 28.1 Å². The highest BCUT2D eigenvalue weighted by atomic mass is 16.7. The lowest BCUT2D eigenvalue weighted by atomic mass is 9.82. The monoisotopic (exact) mass is 343 g/mol. The van der Waals surface area contributed by atoms with Gasteiger partial charge in [0.15, 0.2) is 5.41 Å². The Bertz CT molecular complexity index is 761. The molecule has 1 fully saturated rings. The molecule has 0 aliphatic carbocycles. The third kappa shape index (κ3) is 2.97. The van der Waals surface area contributed by atoms with E-state index in [1.165, 1.54) is 0 Å². The van der Waals surface area contributed by atoms with Gasteiger partial charge in [-0.2, -0.15) is 5.10 Å². The lowest BCUT2D eigenvalue weighted by Gasteiger charge is -2.35. The summed E-state index contributed by atoms with van der Waals surface area (Å²) in [6.45, 7) is 5.39. The zero-order chi connectivity index (χ0) is 18.0. The van der Waals surface area contributed by atoms with Gasteiger partial charge < -0.3 is 14.8 Å². The van der Waals surface area contributed by atoms with Gasteiger partial charge in [-0.05, 0) is 31.9 Å². The molecule has 0 atom stereocenters. The van der Waals surface area contributed by atoms with Gasteiger partial charge in [-0.15, -0.1) is 0 Å². The van der Waals surface area contributed by atoms with Gasteiger partial charge in [0.05, 0.1) is 11.4 Å². The van der Waals surface area contributed by atoms with Crippen LogP contribution in [0.1, 0.15) is 32.4 Å². The average Bonchev–Trinajstić information content (AvgIpc) is 2.97. The second kappa shape index (κ2) is 6.58. The third-order valence-electron chi connectivity index (χ3n) is 4.51. The van der Waals surface area contributed by atoms with Crippen LogP contribution in [0.5, 0.6) is 0 Å². The number of para-hydroxylation sites is 1. The van der Waals surface area contributed by atoms with Gasteiger partial charge in [-0.25, -0.2) is 4.68 Å². The number of ether oxygens (including phenoxy) is 2. The summed E-state index contributed by atoms with van der Waals surface area (Å²) >= 11 is 0. The fourth-order valence-corrected chi connectivity index (χ4v) is 2.90. The highest BCUT2D eigenvalue weighted by Crippen LogP contribution is 2.34. The number of carbonyl (C=O) groups excluding carboxylic acids is 2. The summed E-state index contributed by atoms with van der Waals surface area (Å²) in [6, 6.07) is 11.3. The molecular weight excluding hydrogens is 322 g/mol. The lowest BCUT2D eigenvalue weighted by Crippen LogP contribution is -2.51. The minimum absolute atomic E-state index is 0.342. The van der Waals surface area contributed by atoms with E-state index in [1.807, 2.05) is 37.3 Å². The predicted octanol–water partition coefficient (Wildman–Crippen LogP) is 2.78. The Morgan fingerprint density at radius 1 is 1.12 bits per heavy atom. The highest BCUT2D eigenvalue weighted by Gasteiger charge is 2.51. The molecule has 0 radical (unpaired) electrons. The maximum Gasteiger partial charge on any atom is 0.330 e. The van der Waals surface area contributed by atoms with Crippen LogP contribution in [0.25, 0.3) is 5.69 Å². The normalized spacial score (nSPS) is 17.1. The summed E-state index contributed by atoms with van der Waals surface area (Å²) in [7, 11) is 0. The Morgan fingerprint density at radius 3 is 2.28 bits per heavy atom. The first-order valence-electron chi connectivity index (χ1n) is 8.31. The minimum atomic E-state index is -1.21. The van der Waals surface area contributed by atoms with Gasteiger partial charge in [-0.1, -0.05) is 32.0 Å². The van der Waals surface area contributed by atoms with E-state index in [-0.39, 0.29) is 0 Å². The number of aryl methyl sites for hydroxylation is 1. The minimum Gasteiger partial charge on any atom is -0.405 e. The van der Waals surface area contributed by atoms with Crippen molar-refractivity contribution in [1.82, 2.24) is 9.78 Å². The van der Waals surface area contributed by atoms with Crippen LogP contribution in [0.15, 0.2) is 36.4 Å². The standard InChI is InChI=1S/C18H21N3O4/c1-4-18(5-2)15(22)24-17(25-16(18)23)19-14-11-12(3)20-21(14)13-9-7-6-8-10-13/h6-11,17,19H,4-5H2,1-3H3. The highest BCUT2D eigenvalue weighted by molar-refractivity contribution is 6.01. The van der Waals surface area contributed by atoms with Gasteiger partial charge in [0.25, 0.3) is 0 Å². The smallest absolute Gasteiger partial charge is 0.330 e. The predicted molar refractivity (Wildman–Crippen MR) is 90.9 cm³/mol. The number of nitrogens with one attached hydrogen (secondary N) is 1. The maximum atomic E-state index is 12.4. The first-order chi connectivity index (χ1) is 12.0. The second-order valence-electron chi connectivity index (χ2n) is 5.99. The van der Waals surface area contributed by atoms with Crippen LogP contribution in [0, 0.1) is 12.3 Å². The first kappa shape index (κ1) is 17.0. The molecule has 0 saturated carbocycles. The van der Waals surface area contributed by atoms with Crippen molar-refractivity contribution in [2.24, 2.45) is 5.41 Å². The molecule has 2 aromatic rings. The van der Waals surface area contributed by atoms with Crippen LogP contribution in [-0.2, 0) is 19.1 Å². The van der Waals surface area contributed by atoms with Gasteiger partial charge in [-0.3, -0.25) is 9.59 Å². The molecule has 1 N–H and O–H groups in total. The molecule has 3 rings (SSSR count). The summed E-state index contributed by atoms with van der Waals surface area (Å²) in [5.74, 6) is -0.558. The van der Waals surface area contributed by atoms with Crippen molar-refractivity contribution in [3.05, 3.63) is 42.1 Å². The van der Waals surface area contributed by atoms with E-state index in [2.05, 4.69) is 10.4 Å². The molecule has 0 amide bonds. The zero-order valence-corrected chi connectivity index (χ0v) is 14.5. The van der Waals surface area contributed by atoms with Crippen molar-refractivity contribution in [3.63, 3.8) is 0 Å². The molecule has 7 nitrogen and oxygen atoms in total. The fourth-order valence-electron chi connectivity index (χ4n) is 2.90. The van der Waals surface area contributed by atoms with E-state index in [0.29, 0.717) is 18.7 Å². The molecule has 2 heterocycles. The number of rotatable bonds is 5. The third-order valence-corrected chi connectivity index (χ3v) is 4.51. The van der Waals surface area contributed by atoms with Crippen LogP contribution >= 0.6 is 0 Å². The zero-order valence-electron chi connectivity index (χ0n) is 14.5. The fraction of sp³-hybridized carbons (Fsp3) is 0.389. The molecule has 1 aromatic carbocycles. The van der Waals surface area contributed by atoms with E-state index in [4.69, 9.17) is 9.47 Å². The van der Waals surface area contributed by atoms with Gasteiger partial charge in [0.1, 0.15) is 5.82 Å². The lowest BCUT2D eigenvalue weighted by molar-refractivity contribution is -0.219. The maximum absolute atomic E-state index is 12.4. The SMILES string of the molecule is CCC1(CC)C(=O)OC(Nc2cc(C)nn2-c2ccccc2)OC1=O. The number of esters is 2. The largest absolute Gasteiger partial charge is 0.405 e. The summed E-state index contributed by atoms with van der Waals surface area (Å²) < 4.78 is 12.3. The Labute approximate surface area is 145 Å². The molecule has 25 heavy (non-hydrogen) atoms. The molecule has 1 saturated heterocycles. The van der Waals surface area contributed by atoms with Crippen LogP contribution in [0.4, 0.5) is 5.82 Å². The number of anilines is 1. The van der Waals surface area contributed by atoms with Crippen molar-refractivity contribution in [2.75, 3.05) is 5.32 Å². The number of carbonyl (C=O) groups is 2. The summed E-state index contributed by atoms with van der Waals surface area (Å²) in [5, 5.41) is 7.35. The molecule has 1 aliphatic heterocycles. The number of benzene rings is 1. The van der Waals surface area contributed by atoms with E-state index < -0.39 is 23.8 Å². The van der Waals surface area contributed by atoms with Crippen molar-refractivity contribution in [2.45, 2.75) is 40.0 Å². The average molecular weight is 343 g/mol. The van der Waals surface area contributed by atoms with Crippen LogP contribution < -0.4 is 5.32 Å². The Hall–Kier alpha value is -2.83. The summed E-state index contributed by atoms with van der Waals surface area (Å²) in [6.07, 6.45) is -0.492. The van der Waals surface area contributed by atoms with Gasteiger partial charge in [0, 0.05) is 6.07 Å². The summed E-state index contributed by atoms with van der Waals surface area (Å²) in [5.41, 5.74) is 0.396. The Balaban J connectivity index is 1.83. The number of nitrogens with zero attached hydrogens (tertiary/aromatic N) is 2. The van der Waals surface area contributed by atoms with Crippen molar-refractivity contribution in [3.8, 4) is 5.69 Å². The van der Waals surface area contributed by atoms with Crippen molar-refractivity contribution < 1.29 is 19.1 Å². The molecule has 0 bridgehead atoms. The van der Waals surface area contributed by atoms with Crippen LogP contribution in [0.3, 0.4) is 0 Å². The molecule has 1 aliphatic rings. The van der Waals surface area contributed by atoms with Crippen molar-refractivity contribution >= 4 is 17.8 Å². The number of cyclic esters (lactones) is 2. The molecule has 0 unspecified atom stereocenters. The molecule has 0 spiro atoms. The summed E-state index contributed by atoms with van der Waals surface area (Å²) in [4.78, 5) is 24.7. The molecule has 1 aromatic heterocycles. The van der Waals surface area contributed by atoms with Crippen molar-refractivity contribution in [1.29, 1.82) is 0 Å². The van der Waals surface area contributed by atoms with E-state index in [0.717, 1.165) is 11.4 Å². The second-order valence-corrected chi connectivity index (χ2v) is 5.99. The molecule has 7 heteroatoms. The number of hydrogen-bond acceptors (Lipinski definition) is 6. The number of hydrogen-bond donors (Lipinski definition) is 1. The Morgan fingerprint density at radius 2 is 1.72 bits per heavy atom. The van der Waals surface area contributed by atoms with Gasteiger partial charge >= 0.3 is 18.4 Å². The molecular formula is C18H21N3O4.